The minimum absolute atomic E-state index is 0.00574. The van der Waals surface area contributed by atoms with Crippen LogP contribution in [0.4, 0.5) is 9.59 Å². The van der Waals surface area contributed by atoms with Crippen molar-refractivity contribution in [2.24, 2.45) is 11.8 Å². The fourth-order valence-corrected chi connectivity index (χ4v) is 8.82. The highest BCUT2D eigenvalue weighted by atomic mass is 16.5. The smallest absolute Gasteiger partial charge is 0.407 e. The topological polar surface area (TPSA) is 175 Å². The molecule has 0 saturated carbocycles. The zero-order valence-corrected chi connectivity index (χ0v) is 31.3. The summed E-state index contributed by atoms with van der Waals surface area (Å²) in [5.74, 6) is 2.06. The van der Waals surface area contributed by atoms with Crippen LogP contribution in [0.3, 0.4) is 0 Å². The number of benzene rings is 2. The van der Waals surface area contributed by atoms with Crippen LogP contribution in [-0.4, -0.2) is 92.4 Å². The van der Waals surface area contributed by atoms with E-state index < -0.39 is 18.2 Å². The molecule has 2 aromatic heterocycles. The second-order valence-corrected chi connectivity index (χ2v) is 15.3. The van der Waals surface area contributed by atoms with E-state index in [1.54, 1.807) is 7.11 Å². The quantitative estimate of drug-likeness (QED) is 0.163. The van der Waals surface area contributed by atoms with E-state index in [1.165, 1.54) is 17.6 Å². The maximum atomic E-state index is 13.8. The number of imidazole rings is 2. The van der Waals surface area contributed by atoms with Crippen LogP contribution in [0.25, 0.3) is 33.6 Å². The number of carbonyl (C=O) groups excluding carboxylic acids is 2. The van der Waals surface area contributed by atoms with Gasteiger partial charge in [0, 0.05) is 36.7 Å². The molecule has 0 spiro atoms. The van der Waals surface area contributed by atoms with Crippen LogP contribution in [0.15, 0.2) is 36.5 Å². The Morgan fingerprint density at radius 3 is 2.61 bits per heavy atom. The van der Waals surface area contributed by atoms with Gasteiger partial charge in [0.1, 0.15) is 30.0 Å². The van der Waals surface area contributed by atoms with Gasteiger partial charge in [0.25, 0.3) is 0 Å². The van der Waals surface area contributed by atoms with Crippen LogP contribution in [0, 0.1) is 11.8 Å². The largest absolute Gasteiger partial charge is 0.488 e. The Kier molecular flexibility index (Phi) is 9.32. The van der Waals surface area contributed by atoms with Crippen molar-refractivity contribution in [2.45, 2.75) is 83.6 Å². The summed E-state index contributed by atoms with van der Waals surface area (Å²) in [6.45, 7) is 7.19. The predicted molar refractivity (Wildman–Crippen MR) is 199 cm³/mol. The monoisotopic (exact) mass is 737 g/mol. The molecular weight excluding hydrogens is 690 g/mol. The summed E-state index contributed by atoms with van der Waals surface area (Å²) >= 11 is 0. The summed E-state index contributed by atoms with van der Waals surface area (Å²) in [7, 11) is 2.94. The number of amides is 3. The summed E-state index contributed by atoms with van der Waals surface area (Å²) in [5, 5.41) is 12.6. The molecule has 14 heteroatoms. The molecule has 8 rings (SSSR count). The number of hydrogen-bond acceptors (Lipinski definition) is 8. The fraction of sp³-hybridized carbons (Fsp3) is 0.475. The molecule has 3 aliphatic heterocycles. The van der Waals surface area contributed by atoms with Crippen molar-refractivity contribution in [2.75, 3.05) is 27.4 Å². The predicted octanol–water partition coefficient (Wildman–Crippen LogP) is 6.24. The standard InChI is InChI=1S/C40H47N7O7/c1-20(2)34(45-39(49)53-5)38(48)47-21(3)6-11-31(47)36-41-16-30(43-36)24-7-9-26-25(13-24)19-54-33-15-27-23(14-28(26)33)8-10-29-35(27)44-37(42-29)32-12-22(18-52-4)17-46(32)40(50)51/h7,9,13-16,20-22,31-32,34H,6,8,10-12,17-19H2,1-5H3,(H,41,43)(H,42,44)(H,45,49)(H,50,51)/t21-,22-,31-,32-,34-/m0/s1. The molecule has 0 bridgehead atoms. The SMILES string of the molecule is COC[C@H]1C[C@@H](c2nc3c([nH]2)-c2cc4c(cc2CC3)-c2ccc(-c3cnc([C@@H]5CC[C@H](C)N5C(=O)[C@@H](NC(=O)OC)C(C)C)[nH]3)cc2CO4)N(C(=O)O)C1. The molecule has 4 N–H and O–H groups in total. The number of H-pyrrole nitrogens is 2. The lowest BCUT2D eigenvalue weighted by Gasteiger charge is -2.32. The zero-order valence-electron chi connectivity index (χ0n) is 31.3. The number of alkyl carbamates (subject to hydrolysis) is 1. The highest BCUT2D eigenvalue weighted by Crippen LogP contribution is 2.46. The van der Waals surface area contributed by atoms with Crippen molar-refractivity contribution in [1.82, 2.24) is 35.1 Å². The molecule has 0 unspecified atom stereocenters. The van der Waals surface area contributed by atoms with Gasteiger partial charge in [0.05, 0.1) is 49.1 Å². The average Bonchev–Trinajstić information content (AvgIpc) is 3.98. The van der Waals surface area contributed by atoms with Crippen LogP contribution in [0.1, 0.15) is 80.6 Å². The second kappa shape index (κ2) is 14.1. The molecule has 2 fully saturated rings. The first kappa shape index (κ1) is 35.6. The van der Waals surface area contributed by atoms with Gasteiger partial charge in [-0.05, 0) is 85.4 Å². The minimum atomic E-state index is -0.946. The van der Waals surface area contributed by atoms with E-state index in [9.17, 15) is 19.5 Å². The van der Waals surface area contributed by atoms with Crippen LogP contribution in [0.5, 0.6) is 5.75 Å². The van der Waals surface area contributed by atoms with Gasteiger partial charge in [0.2, 0.25) is 5.91 Å². The molecule has 284 valence electrons. The van der Waals surface area contributed by atoms with E-state index in [1.807, 2.05) is 31.9 Å². The number of fused-ring (bicyclic) bond motifs is 6. The Balaban J connectivity index is 1.03. The van der Waals surface area contributed by atoms with Gasteiger partial charge in [-0.1, -0.05) is 26.0 Å². The maximum Gasteiger partial charge on any atom is 0.407 e. The molecule has 54 heavy (non-hydrogen) atoms. The number of carboxylic acid groups (broad SMARTS) is 1. The number of carbonyl (C=O) groups is 3. The molecule has 4 aliphatic rings. The average molecular weight is 738 g/mol. The number of methoxy groups -OCH3 is 2. The Morgan fingerprint density at radius 1 is 1.02 bits per heavy atom. The molecule has 0 radical (unpaired) electrons. The normalized spacial score (nSPS) is 21.9. The number of nitrogens with zero attached hydrogens (tertiary/aromatic N) is 4. The second-order valence-electron chi connectivity index (χ2n) is 15.3. The van der Waals surface area contributed by atoms with E-state index in [-0.39, 0.29) is 35.9 Å². The molecule has 4 aromatic rings. The third-order valence-electron chi connectivity index (χ3n) is 11.6. The lowest BCUT2D eigenvalue weighted by Crippen LogP contribution is -2.52. The van der Waals surface area contributed by atoms with Crippen molar-refractivity contribution in [3.63, 3.8) is 0 Å². The minimum Gasteiger partial charge on any atom is -0.488 e. The lowest BCUT2D eigenvalue weighted by atomic mass is 9.86. The van der Waals surface area contributed by atoms with Crippen LogP contribution < -0.4 is 10.1 Å². The number of aryl methyl sites for hydroxylation is 2. The highest BCUT2D eigenvalue weighted by Gasteiger charge is 2.42. The van der Waals surface area contributed by atoms with Gasteiger partial charge in [-0.15, -0.1) is 0 Å². The molecule has 2 saturated heterocycles. The Hall–Kier alpha value is -5.37. The molecule has 14 nitrogen and oxygen atoms in total. The van der Waals surface area contributed by atoms with Crippen molar-refractivity contribution >= 4 is 18.1 Å². The van der Waals surface area contributed by atoms with E-state index in [4.69, 9.17) is 24.2 Å². The van der Waals surface area contributed by atoms with Gasteiger partial charge >= 0.3 is 12.2 Å². The van der Waals surface area contributed by atoms with Gasteiger partial charge in [-0.25, -0.2) is 19.6 Å². The van der Waals surface area contributed by atoms with Gasteiger partial charge in [-0.3, -0.25) is 9.69 Å². The molecule has 2 aromatic carbocycles. The Bertz CT molecular complexity index is 2110. The van der Waals surface area contributed by atoms with Crippen molar-refractivity contribution < 1.29 is 33.7 Å². The number of likely N-dealkylation sites (tertiary alicyclic amines) is 2. The number of aromatic nitrogens is 4. The summed E-state index contributed by atoms with van der Waals surface area (Å²) in [5.41, 5.74) is 9.17. The number of ether oxygens (including phenoxy) is 3. The van der Waals surface area contributed by atoms with Crippen molar-refractivity contribution in [3.8, 4) is 39.4 Å². The number of hydrogen-bond donors (Lipinski definition) is 4. The highest BCUT2D eigenvalue weighted by molar-refractivity contribution is 5.87. The summed E-state index contributed by atoms with van der Waals surface area (Å²) in [6.07, 6.45) is 4.08. The molecular formula is C40H47N7O7. The Labute approximate surface area is 313 Å². The van der Waals surface area contributed by atoms with Crippen LogP contribution in [0.2, 0.25) is 0 Å². The van der Waals surface area contributed by atoms with Gasteiger partial charge < -0.3 is 39.5 Å². The Morgan fingerprint density at radius 2 is 1.85 bits per heavy atom. The van der Waals surface area contributed by atoms with E-state index in [0.717, 1.165) is 76.3 Å². The number of rotatable bonds is 8. The summed E-state index contributed by atoms with van der Waals surface area (Å²) in [4.78, 5) is 58.0. The molecule has 3 amide bonds. The summed E-state index contributed by atoms with van der Waals surface area (Å²) in [6, 6.07) is 9.38. The van der Waals surface area contributed by atoms with E-state index in [2.05, 4.69) is 45.6 Å². The molecule has 5 heterocycles. The maximum absolute atomic E-state index is 13.8. The molecule has 5 atom stereocenters. The van der Waals surface area contributed by atoms with Crippen LogP contribution in [-0.2, 0) is 33.7 Å². The third-order valence-corrected chi connectivity index (χ3v) is 11.6. The van der Waals surface area contributed by atoms with Crippen LogP contribution >= 0.6 is 0 Å². The first-order chi connectivity index (χ1) is 26.0. The van der Waals surface area contributed by atoms with E-state index >= 15 is 0 Å². The lowest BCUT2D eigenvalue weighted by molar-refractivity contribution is -0.137. The van der Waals surface area contributed by atoms with Crippen molar-refractivity contribution in [3.05, 3.63) is 65.0 Å². The van der Waals surface area contributed by atoms with E-state index in [0.29, 0.717) is 37.8 Å². The number of aromatic amines is 2. The first-order valence-electron chi connectivity index (χ1n) is 18.8. The third kappa shape index (κ3) is 6.25. The first-order valence-corrected chi connectivity index (χ1v) is 18.8. The van der Waals surface area contributed by atoms with Gasteiger partial charge in [0.15, 0.2) is 0 Å². The fourth-order valence-electron chi connectivity index (χ4n) is 8.82. The van der Waals surface area contributed by atoms with Crippen molar-refractivity contribution in [1.29, 1.82) is 0 Å². The summed E-state index contributed by atoms with van der Waals surface area (Å²) < 4.78 is 16.5. The number of nitrogens with one attached hydrogen (secondary N) is 3. The van der Waals surface area contributed by atoms with Gasteiger partial charge in [-0.2, -0.15) is 0 Å². The zero-order chi connectivity index (χ0) is 37.8. The molecule has 1 aliphatic carbocycles.